The zero-order chi connectivity index (χ0) is 17.8. The van der Waals surface area contributed by atoms with Crippen LogP contribution in [0.4, 0.5) is 10.7 Å². The van der Waals surface area contributed by atoms with Gasteiger partial charge >= 0.3 is 0 Å². The zero-order valence-corrected chi connectivity index (χ0v) is 15.1. The summed E-state index contributed by atoms with van der Waals surface area (Å²) in [6.45, 7) is 0. The van der Waals surface area contributed by atoms with Gasteiger partial charge in [0.25, 0.3) is 0 Å². The number of hydrogen-bond acceptors (Lipinski definition) is 5. The molecule has 0 fully saturated rings. The molecule has 0 bridgehead atoms. The lowest BCUT2D eigenvalue weighted by Gasteiger charge is -2.08. The van der Waals surface area contributed by atoms with Gasteiger partial charge in [-0.3, -0.25) is 14.8 Å². The van der Waals surface area contributed by atoms with Crippen molar-refractivity contribution in [3.05, 3.63) is 64.4 Å². The molecular formula is C17H12Cl2N4OS. The third kappa shape index (κ3) is 3.71. The number of nitrogens with one attached hydrogen (secondary N) is 1. The monoisotopic (exact) mass is 390 g/mol. The summed E-state index contributed by atoms with van der Waals surface area (Å²) in [4.78, 5) is 12.2. The lowest BCUT2D eigenvalue weighted by atomic mass is 10.1. The fraction of sp³-hybridized carbons (Fsp3) is 0.0588. The molecule has 2 aromatic carbocycles. The molecule has 8 heteroatoms. The van der Waals surface area contributed by atoms with Gasteiger partial charge in [-0.15, -0.1) is 21.8 Å². The highest BCUT2D eigenvalue weighted by Gasteiger charge is 2.21. The first-order valence-corrected chi connectivity index (χ1v) is 8.96. The van der Waals surface area contributed by atoms with E-state index in [1.54, 1.807) is 24.3 Å². The van der Waals surface area contributed by atoms with Gasteiger partial charge in [0, 0.05) is 5.56 Å². The van der Waals surface area contributed by atoms with Crippen LogP contribution in [0.3, 0.4) is 0 Å². The van der Waals surface area contributed by atoms with Crippen molar-refractivity contribution in [1.82, 2.24) is 4.57 Å². The number of azo groups is 1. The summed E-state index contributed by atoms with van der Waals surface area (Å²) >= 11 is 13.0. The highest BCUT2D eigenvalue weighted by molar-refractivity contribution is 7.13. The molecule has 25 heavy (non-hydrogen) atoms. The van der Waals surface area contributed by atoms with Crippen molar-refractivity contribution in [2.45, 2.75) is 0 Å². The predicted octanol–water partition coefficient (Wildman–Crippen LogP) is 5.64. The van der Waals surface area contributed by atoms with E-state index in [1.807, 2.05) is 30.3 Å². The Kier molecular flexibility index (Phi) is 5.43. The molecule has 0 radical (unpaired) electrons. The van der Waals surface area contributed by atoms with Crippen molar-refractivity contribution >= 4 is 51.1 Å². The van der Waals surface area contributed by atoms with Crippen LogP contribution in [0, 0.1) is 5.41 Å². The van der Waals surface area contributed by atoms with E-state index < -0.39 is 5.91 Å². The summed E-state index contributed by atoms with van der Waals surface area (Å²) in [5.41, 5.74) is 1.69. The van der Waals surface area contributed by atoms with E-state index in [9.17, 15) is 4.79 Å². The van der Waals surface area contributed by atoms with Gasteiger partial charge in [-0.2, -0.15) is 0 Å². The fourth-order valence-corrected chi connectivity index (χ4v) is 3.43. The molecule has 0 spiro atoms. The van der Waals surface area contributed by atoms with Crippen molar-refractivity contribution in [1.29, 1.82) is 5.41 Å². The van der Waals surface area contributed by atoms with Gasteiger partial charge < -0.3 is 0 Å². The van der Waals surface area contributed by atoms with Gasteiger partial charge in [-0.1, -0.05) is 59.3 Å². The largest absolute Gasteiger partial charge is 0.275 e. The van der Waals surface area contributed by atoms with E-state index in [-0.39, 0.29) is 10.7 Å². The molecule has 0 atom stereocenters. The summed E-state index contributed by atoms with van der Waals surface area (Å²) in [7, 11) is 0. The molecule has 0 saturated heterocycles. The van der Waals surface area contributed by atoms with Crippen molar-refractivity contribution in [3.63, 3.8) is 0 Å². The number of hydrogen-bond donors (Lipinski definition) is 1. The van der Waals surface area contributed by atoms with E-state index in [0.29, 0.717) is 27.0 Å². The normalized spacial score (nSPS) is 11.1. The van der Waals surface area contributed by atoms with Crippen LogP contribution < -0.4 is 4.80 Å². The minimum absolute atomic E-state index is 0.0163. The molecule has 0 aliphatic rings. The summed E-state index contributed by atoms with van der Waals surface area (Å²) < 4.78 is 1.22. The van der Waals surface area contributed by atoms with E-state index in [2.05, 4.69) is 10.2 Å². The lowest BCUT2D eigenvalue weighted by Crippen LogP contribution is -2.23. The number of carbonyl (C=O) groups is 1. The number of alkyl halides is 1. The molecule has 3 aromatic rings. The van der Waals surface area contributed by atoms with E-state index in [0.717, 1.165) is 11.3 Å². The van der Waals surface area contributed by atoms with Gasteiger partial charge in [0.1, 0.15) is 5.88 Å². The molecule has 1 heterocycles. The topological polar surface area (TPSA) is 70.6 Å². The minimum atomic E-state index is -0.418. The highest BCUT2D eigenvalue weighted by Crippen LogP contribution is 2.37. The maximum atomic E-state index is 12.2. The van der Waals surface area contributed by atoms with Gasteiger partial charge in [0.05, 0.1) is 16.4 Å². The Balaban J connectivity index is 2.19. The van der Waals surface area contributed by atoms with Gasteiger partial charge in [0.2, 0.25) is 5.91 Å². The highest BCUT2D eigenvalue weighted by atomic mass is 35.5. The summed E-state index contributed by atoms with van der Waals surface area (Å²) in [5, 5.41) is 17.4. The number of rotatable bonds is 4. The second-order valence-electron chi connectivity index (χ2n) is 4.94. The molecule has 3 rings (SSSR count). The molecule has 0 saturated carbocycles. The fourth-order valence-electron chi connectivity index (χ4n) is 2.23. The number of aromatic nitrogens is 1. The summed E-state index contributed by atoms with van der Waals surface area (Å²) in [5.74, 6) is -0.668. The smallest absolute Gasteiger partial charge is 0.248 e. The number of thiazole rings is 1. The van der Waals surface area contributed by atoms with E-state index >= 15 is 0 Å². The molecule has 0 unspecified atom stereocenters. The molecule has 0 aliphatic carbocycles. The maximum absolute atomic E-state index is 12.2. The van der Waals surface area contributed by atoms with Gasteiger partial charge in [-0.25, -0.2) is 0 Å². The predicted molar refractivity (Wildman–Crippen MR) is 101 cm³/mol. The molecule has 126 valence electrons. The maximum Gasteiger partial charge on any atom is 0.248 e. The van der Waals surface area contributed by atoms with Crippen LogP contribution in [0.1, 0.15) is 4.79 Å². The molecule has 1 N–H and O–H groups in total. The average molecular weight is 391 g/mol. The van der Waals surface area contributed by atoms with Crippen molar-refractivity contribution < 1.29 is 4.79 Å². The van der Waals surface area contributed by atoms with Crippen LogP contribution in [0.5, 0.6) is 0 Å². The van der Waals surface area contributed by atoms with E-state index in [4.69, 9.17) is 28.6 Å². The zero-order valence-electron chi connectivity index (χ0n) is 12.8. The first-order chi connectivity index (χ1) is 12.1. The van der Waals surface area contributed by atoms with Crippen LogP contribution in [0.15, 0.2) is 64.8 Å². The van der Waals surface area contributed by atoms with Gasteiger partial charge in [0.15, 0.2) is 9.80 Å². The average Bonchev–Trinajstić information content (AvgIpc) is 2.96. The third-order valence-corrected chi connectivity index (χ3v) is 4.73. The van der Waals surface area contributed by atoms with Crippen molar-refractivity contribution in [2.75, 3.05) is 5.88 Å². The summed E-state index contributed by atoms with van der Waals surface area (Å²) in [6, 6.07) is 16.3. The Morgan fingerprint density at radius 3 is 2.44 bits per heavy atom. The molecule has 1 aromatic heterocycles. The van der Waals surface area contributed by atoms with Crippen LogP contribution in [-0.2, 0) is 0 Å². The molecular weight excluding hydrogens is 379 g/mol. The van der Waals surface area contributed by atoms with Crippen molar-refractivity contribution in [3.8, 4) is 11.3 Å². The Morgan fingerprint density at radius 2 is 1.76 bits per heavy atom. The van der Waals surface area contributed by atoms with E-state index in [1.165, 1.54) is 4.57 Å². The quantitative estimate of drug-likeness (QED) is 0.454. The molecule has 0 aliphatic heterocycles. The second-order valence-corrected chi connectivity index (χ2v) is 6.59. The van der Waals surface area contributed by atoms with Crippen molar-refractivity contribution in [2.24, 2.45) is 10.2 Å². The lowest BCUT2D eigenvalue weighted by molar-refractivity contribution is 0.0938. The summed E-state index contributed by atoms with van der Waals surface area (Å²) in [6.07, 6.45) is 0. The first kappa shape index (κ1) is 17.5. The number of halogens is 2. The molecule has 0 amide bonds. The number of benzene rings is 2. The van der Waals surface area contributed by atoms with Gasteiger partial charge in [-0.05, 0) is 18.2 Å². The number of carbonyl (C=O) groups excluding carboxylic acids is 1. The number of nitrogens with zero attached hydrogens (tertiary/aromatic N) is 3. The first-order valence-electron chi connectivity index (χ1n) is 7.23. The third-order valence-electron chi connectivity index (χ3n) is 3.33. The Hall–Kier alpha value is -2.28. The second kappa shape index (κ2) is 7.74. The Bertz CT molecular complexity index is 995. The van der Waals surface area contributed by atoms with Crippen LogP contribution in [0.2, 0.25) is 5.02 Å². The van der Waals surface area contributed by atoms with Crippen LogP contribution >= 0.6 is 34.5 Å². The standard InChI is InChI=1S/C17H12Cl2N4OS/c18-10-14(24)23-15(12-8-4-5-9-13(12)19)16(25-17(23)20)22-21-11-6-2-1-3-7-11/h1-9,20H,10H2. The minimum Gasteiger partial charge on any atom is -0.275 e. The Morgan fingerprint density at radius 1 is 1.08 bits per heavy atom. The van der Waals surface area contributed by atoms with Crippen LogP contribution in [-0.4, -0.2) is 16.4 Å². The Labute approximate surface area is 157 Å². The molecule has 5 nitrogen and oxygen atoms in total. The van der Waals surface area contributed by atoms with Crippen LogP contribution in [0.25, 0.3) is 11.3 Å². The SMILES string of the molecule is N=c1sc(N=Nc2ccccc2)c(-c2ccccc2Cl)n1C(=O)CCl.